The molecule has 0 saturated carbocycles. The molecule has 4 rings (SSSR count). The van der Waals surface area contributed by atoms with Crippen molar-refractivity contribution in [2.75, 3.05) is 39.8 Å². The Morgan fingerprint density at radius 1 is 1.13 bits per heavy atom. The van der Waals surface area contributed by atoms with Gasteiger partial charge in [-0.2, -0.15) is 0 Å². The molecule has 0 aromatic heterocycles. The van der Waals surface area contributed by atoms with Crippen molar-refractivity contribution in [1.29, 1.82) is 0 Å². The van der Waals surface area contributed by atoms with Gasteiger partial charge >= 0.3 is 0 Å². The zero-order chi connectivity index (χ0) is 21.8. The van der Waals surface area contributed by atoms with Crippen LogP contribution in [0.1, 0.15) is 46.3 Å². The van der Waals surface area contributed by atoms with Crippen LogP contribution >= 0.6 is 0 Å². The highest BCUT2D eigenvalue weighted by Crippen LogP contribution is 2.51. The fourth-order valence-corrected chi connectivity index (χ4v) is 4.70. The number of allylic oxidation sites excluding steroid dienone is 2. The largest absolute Gasteiger partial charge is 0.493 e. The lowest BCUT2D eigenvalue weighted by atomic mass is 9.76. The minimum Gasteiger partial charge on any atom is -0.493 e. The highest BCUT2D eigenvalue weighted by molar-refractivity contribution is 6.00. The monoisotopic (exact) mass is 422 g/mol. The maximum absolute atomic E-state index is 13.0. The number of methoxy groups -OCH3 is 3. The summed E-state index contributed by atoms with van der Waals surface area (Å²) in [5.41, 5.74) is 3.90. The van der Waals surface area contributed by atoms with Crippen LogP contribution in [-0.2, 0) is 4.74 Å². The van der Waals surface area contributed by atoms with Crippen molar-refractivity contribution in [3.05, 3.63) is 65.2 Å². The summed E-state index contributed by atoms with van der Waals surface area (Å²) in [4.78, 5) is 13.0. The second-order valence-electron chi connectivity index (χ2n) is 7.96. The van der Waals surface area contributed by atoms with Gasteiger partial charge in [-0.1, -0.05) is 30.4 Å². The van der Waals surface area contributed by atoms with Gasteiger partial charge in [0.1, 0.15) is 0 Å². The first-order valence-corrected chi connectivity index (χ1v) is 10.7. The zero-order valence-corrected chi connectivity index (χ0v) is 18.3. The predicted molar refractivity (Wildman–Crippen MR) is 121 cm³/mol. The first-order chi connectivity index (χ1) is 15.2. The molecule has 2 aromatic rings. The van der Waals surface area contributed by atoms with Crippen LogP contribution in [-0.4, -0.2) is 40.4 Å². The second-order valence-corrected chi connectivity index (χ2v) is 7.96. The predicted octanol–water partition coefficient (Wildman–Crippen LogP) is 4.30. The van der Waals surface area contributed by atoms with Gasteiger partial charge in [-0.05, 0) is 48.1 Å². The van der Waals surface area contributed by atoms with Gasteiger partial charge in [0, 0.05) is 26.2 Å². The summed E-state index contributed by atoms with van der Waals surface area (Å²) in [6.45, 7) is 1.21. The van der Waals surface area contributed by atoms with Crippen molar-refractivity contribution >= 4 is 11.6 Å². The van der Waals surface area contributed by atoms with Gasteiger partial charge in [0.05, 0.1) is 31.5 Å². The molecule has 2 aromatic carbocycles. The highest BCUT2D eigenvalue weighted by Gasteiger charge is 2.39. The molecule has 1 heterocycles. The summed E-state index contributed by atoms with van der Waals surface area (Å²) in [6, 6.07) is 12.1. The summed E-state index contributed by atoms with van der Waals surface area (Å²) in [7, 11) is 4.96. The van der Waals surface area contributed by atoms with Crippen LogP contribution in [0.2, 0.25) is 0 Å². The van der Waals surface area contributed by atoms with E-state index in [0.29, 0.717) is 36.1 Å². The van der Waals surface area contributed by atoms with E-state index < -0.39 is 0 Å². The lowest BCUT2D eigenvalue weighted by Gasteiger charge is -2.38. The number of amides is 1. The number of anilines is 1. The van der Waals surface area contributed by atoms with Crippen molar-refractivity contribution in [3.8, 4) is 11.5 Å². The minimum atomic E-state index is -0.0630. The van der Waals surface area contributed by atoms with Crippen molar-refractivity contribution in [3.63, 3.8) is 0 Å². The van der Waals surface area contributed by atoms with Crippen LogP contribution in [0.15, 0.2) is 48.6 Å². The van der Waals surface area contributed by atoms with E-state index >= 15 is 0 Å². The third-order valence-corrected chi connectivity index (χ3v) is 6.22. The standard InChI is InChI=1S/C25H30N2O4/c1-29-14-6-13-26-25(28)20-10-5-9-19-17-7-4-8-18(17)23(27-24(19)20)16-11-12-21(30-2)22(15-16)31-3/h4-5,7,9-12,15,17-18,23,27H,6,8,13-14H2,1-3H3,(H,26,28). The number of nitrogens with one attached hydrogen (secondary N) is 2. The molecule has 0 radical (unpaired) electrons. The number of fused-ring (bicyclic) bond motifs is 3. The summed E-state index contributed by atoms with van der Waals surface area (Å²) in [6.07, 6.45) is 6.30. The smallest absolute Gasteiger partial charge is 0.253 e. The number of hydrogen-bond acceptors (Lipinski definition) is 5. The van der Waals surface area contributed by atoms with Crippen LogP contribution in [0.25, 0.3) is 0 Å². The average Bonchev–Trinajstić information content (AvgIpc) is 3.30. The van der Waals surface area contributed by atoms with Gasteiger partial charge in [-0.15, -0.1) is 0 Å². The van der Waals surface area contributed by atoms with Crippen LogP contribution < -0.4 is 20.1 Å². The van der Waals surface area contributed by atoms with E-state index in [1.54, 1.807) is 21.3 Å². The van der Waals surface area contributed by atoms with E-state index in [1.807, 2.05) is 24.3 Å². The van der Waals surface area contributed by atoms with E-state index in [0.717, 1.165) is 24.1 Å². The summed E-state index contributed by atoms with van der Waals surface area (Å²) in [5.74, 6) is 2.01. The van der Waals surface area contributed by atoms with E-state index in [9.17, 15) is 4.79 Å². The number of ether oxygens (including phenoxy) is 3. The molecule has 2 aliphatic rings. The summed E-state index contributed by atoms with van der Waals surface area (Å²) < 4.78 is 16.0. The van der Waals surface area contributed by atoms with Gasteiger partial charge in [0.2, 0.25) is 0 Å². The number of hydrogen-bond donors (Lipinski definition) is 2. The van der Waals surface area contributed by atoms with Crippen molar-refractivity contribution < 1.29 is 19.0 Å². The van der Waals surface area contributed by atoms with E-state index in [1.165, 1.54) is 5.56 Å². The first-order valence-electron chi connectivity index (χ1n) is 10.7. The molecule has 1 amide bonds. The maximum atomic E-state index is 13.0. The molecule has 31 heavy (non-hydrogen) atoms. The Morgan fingerprint density at radius 3 is 2.74 bits per heavy atom. The minimum absolute atomic E-state index is 0.0630. The number of carbonyl (C=O) groups is 1. The molecule has 3 unspecified atom stereocenters. The Balaban J connectivity index is 1.67. The lowest BCUT2D eigenvalue weighted by molar-refractivity contribution is 0.0949. The first kappa shape index (κ1) is 21.2. The number of rotatable bonds is 8. The van der Waals surface area contributed by atoms with Gasteiger partial charge < -0.3 is 24.8 Å². The molecule has 0 saturated heterocycles. The quantitative estimate of drug-likeness (QED) is 0.490. The van der Waals surface area contributed by atoms with Crippen molar-refractivity contribution in [1.82, 2.24) is 5.32 Å². The topological polar surface area (TPSA) is 68.8 Å². The number of benzene rings is 2. The fourth-order valence-electron chi connectivity index (χ4n) is 4.70. The SMILES string of the molecule is COCCCNC(=O)c1cccc2c1NC(c1ccc(OC)c(OC)c1)C1CC=CC21. The fraction of sp³-hybridized carbons (Fsp3) is 0.400. The summed E-state index contributed by atoms with van der Waals surface area (Å²) in [5, 5.41) is 6.72. The van der Waals surface area contributed by atoms with Crippen LogP contribution in [0.5, 0.6) is 11.5 Å². The molecular formula is C25H30N2O4. The molecule has 1 aliphatic heterocycles. The van der Waals surface area contributed by atoms with Crippen molar-refractivity contribution in [2.45, 2.75) is 24.8 Å². The average molecular weight is 423 g/mol. The maximum Gasteiger partial charge on any atom is 0.253 e. The molecule has 6 heteroatoms. The number of carbonyl (C=O) groups excluding carboxylic acids is 1. The molecule has 0 bridgehead atoms. The van der Waals surface area contributed by atoms with E-state index in [2.05, 4.69) is 34.9 Å². The molecule has 1 aliphatic carbocycles. The Hall–Kier alpha value is -2.99. The van der Waals surface area contributed by atoms with Gasteiger partial charge in [-0.3, -0.25) is 4.79 Å². The van der Waals surface area contributed by atoms with Gasteiger partial charge in [0.15, 0.2) is 11.5 Å². The third-order valence-electron chi connectivity index (χ3n) is 6.22. The van der Waals surface area contributed by atoms with Crippen LogP contribution in [0, 0.1) is 5.92 Å². The van der Waals surface area contributed by atoms with Gasteiger partial charge in [-0.25, -0.2) is 0 Å². The number of para-hydroxylation sites is 1. The van der Waals surface area contributed by atoms with E-state index in [4.69, 9.17) is 14.2 Å². The molecule has 2 N–H and O–H groups in total. The molecule has 6 nitrogen and oxygen atoms in total. The Labute approximate surface area is 183 Å². The molecule has 0 spiro atoms. The normalized spacial score (nSPS) is 21.1. The Morgan fingerprint density at radius 2 is 1.97 bits per heavy atom. The lowest BCUT2D eigenvalue weighted by Crippen LogP contribution is -2.32. The second kappa shape index (κ2) is 9.43. The molecular weight excluding hydrogens is 392 g/mol. The van der Waals surface area contributed by atoms with Crippen molar-refractivity contribution in [2.24, 2.45) is 5.92 Å². The Kier molecular flexibility index (Phi) is 6.47. The summed E-state index contributed by atoms with van der Waals surface area (Å²) >= 11 is 0. The molecule has 164 valence electrons. The van der Waals surface area contributed by atoms with Crippen LogP contribution in [0.4, 0.5) is 5.69 Å². The third kappa shape index (κ3) is 4.12. The highest BCUT2D eigenvalue weighted by atomic mass is 16.5. The molecule has 0 fully saturated rings. The van der Waals surface area contributed by atoms with E-state index in [-0.39, 0.29) is 17.9 Å². The van der Waals surface area contributed by atoms with Gasteiger partial charge in [0.25, 0.3) is 5.91 Å². The molecule has 3 atom stereocenters. The Bertz CT molecular complexity index is 972. The van der Waals surface area contributed by atoms with Crippen LogP contribution in [0.3, 0.4) is 0 Å². The zero-order valence-electron chi connectivity index (χ0n) is 18.3.